The van der Waals surface area contributed by atoms with E-state index >= 15 is 0 Å². The van der Waals surface area contributed by atoms with Crippen molar-refractivity contribution in [1.82, 2.24) is 4.31 Å². The third-order valence-corrected chi connectivity index (χ3v) is 6.67. The monoisotopic (exact) mass is 452 g/mol. The summed E-state index contributed by atoms with van der Waals surface area (Å²) in [6.07, 6.45) is 0. The third-order valence-electron chi connectivity index (χ3n) is 4.87. The van der Waals surface area contributed by atoms with E-state index in [0.29, 0.717) is 4.31 Å². The van der Waals surface area contributed by atoms with Crippen LogP contribution in [0.2, 0.25) is 0 Å². The van der Waals surface area contributed by atoms with E-state index in [1.165, 1.54) is 54.6 Å². The number of para-hydroxylation sites is 1. The Morgan fingerprint density at radius 3 is 2.28 bits per heavy atom. The molecule has 1 amide bonds. The summed E-state index contributed by atoms with van der Waals surface area (Å²) in [5, 5.41) is 13.1. The van der Waals surface area contributed by atoms with Gasteiger partial charge in [-0.15, -0.1) is 0 Å². The van der Waals surface area contributed by atoms with Gasteiger partial charge in [-0.25, -0.2) is 17.1 Å². The van der Waals surface area contributed by atoms with E-state index in [9.17, 15) is 27.5 Å². The Morgan fingerprint density at radius 2 is 1.56 bits per heavy atom. The largest absolute Gasteiger partial charge is 0.505 e. The molecule has 3 aromatic rings. The summed E-state index contributed by atoms with van der Waals surface area (Å²) in [6.45, 7) is -0.844. The Morgan fingerprint density at radius 1 is 0.938 bits per heavy atom. The number of aliphatic hydroxyl groups excluding tert-OH is 1. The maximum Gasteiger partial charge on any atom is 0.265 e. The minimum Gasteiger partial charge on any atom is -0.505 e. The van der Waals surface area contributed by atoms with Crippen LogP contribution in [-0.4, -0.2) is 36.1 Å². The van der Waals surface area contributed by atoms with E-state index in [2.05, 4.69) is 5.32 Å². The van der Waals surface area contributed by atoms with Crippen LogP contribution in [0.4, 0.5) is 10.1 Å². The molecular formula is C23H17FN2O5S. The van der Waals surface area contributed by atoms with Crippen molar-refractivity contribution in [2.24, 2.45) is 0 Å². The second-order valence-electron chi connectivity index (χ2n) is 6.93. The van der Waals surface area contributed by atoms with E-state index in [0.717, 1.165) is 6.07 Å². The number of sulfonamides is 1. The number of halogens is 1. The SMILES string of the molecule is O=C(CN1/C(=C(/O)c2ccccc2)C(=O)c2ccccc2S1(=O)=O)Nc1ccccc1F. The van der Waals surface area contributed by atoms with Crippen molar-refractivity contribution in [3.63, 3.8) is 0 Å². The van der Waals surface area contributed by atoms with Gasteiger partial charge in [-0.2, -0.15) is 0 Å². The first kappa shape index (κ1) is 21.3. The van der Waals surface area contributed by atoms with Crippen LogP contribution >= 0.6 is 0 Å². The van der Waals surface area contributed by atoms with Gasteiger partial charge in [0.1, 0.15) is 18.1 Å². The summed E-state index contributed by atoms with van der Waals surface area (Å²) in [5.74, 6) is -2.93. The number of benzene rings is 3. The van der Waals surface area contributed by atoms with Crippen LogP contribution in [-0.2, 0) is 14.8 Å². The Labute approximate surface area is 183 Å². The molecule has 9 heteroatoms. The number of nitrogens with one attached hydrogen (secondary N) is 1. The summed E-state index contributed by atoms with van der Waals surface area (Å²) in [5.41, 5.74) is -0.615. The predicted molar refractivity (Wildman–Crippen MR) is 116 cm³/mol. The molecule has 32 heavy (non-hydrogen) atoms. The highest BCUT2D eigenvalue weighted by Crippen LogP contribution is 2.35. The Hall–Kier alpha value is -3.98. The summed E-state index contributed by atoms with van der Waals surface area (Å²) in [7, 11) is -4.38. The third kappa shape index (κ3) is 3.74. The molecule has 0 radical (unpaired) electrons. The molecule has 1 aliphatic rings. The summed E-state index contributed by atoms with van der Waals surface area (Å²) < 4.78 is 41.1. The summed E-state index contributed by atoms with van der Waals surface area (Å²) >= 11 is 0. The second-order valence-corrected chi connectivity index (χ2v) is 8.76. The van der Waals surface area contributed by atoms with Crippen LogP contribution in [0.3, 0.4) is 0 Å². The van der Waals surface area contributed by atoms with Gasteiger partial charge in [-0.1, -0.05) is 54.6 Å². The number of hydrogen-bond acceptors (Lipinski definition) is 5. The number of nitrogens with zero attached hydrogens (tertiary/aromatic N) is 1. The Kier molecular flexibility index (Phi) is 5.50. The number of fused-ring (bicyclic) bond motifs is 1. The molecule has 0 fully saturated rings. The van der Waals surface area contributed by atoms with Gasteiger partial charge in [0.15, 0.2) is 5.76 Å². The van der Waals surface area contributed by atoms with Crippen molar-refractivity contribution in [2.45, 2.75) is 4.90 Å². The zero-order chi connectivity index (χ0) is 22.9. The van der Waals surface area contributed by atoms with Crippen molar-refractivity contribution >= 4 is 33.2 Å². The predicted octanol–water partition coefficient (Wildman–Crippen LogP) is 3.58. The molecule has 162 valence electrons. The van der Waals surface area contributed by atoms with Gasteiger partial charge >= 0.3 is 0 Å². The number of carbonyl (C=O) groups excluding carboxylic acids is 2. The maximum atomic E-state index is 13.9. The van der Waals surface area contributed by atoms with Gasteiger partial charge < -0.3 is 10.4 Å². The van der Waals surface area contributed by atoms with Crippen molar-refractivity contribution in [1.29, 1.82) is 0 Å². The first-order valence-electron chi connectivity index (χ1n) is 9.50. The van der Waals surface area contributed by atoms with Gasteiger partial charge in [0.2, 0.25) is 11.7 Å². The molecule has 1 heterocycles. The highest BCUT2D eigenvalue weighted by molar-refractivity contribution is 7.89. The Balaban J connectivity index is 1.82. The molecule has 4 rings (SSSR count). The maximum absolute atomic E-state index is 13.9. The molecule has 0 aliphatic carbocycles. The Bertz CT molecular complexity index is 1350. The number of carbonyl (C=O) groups is 2. The lowest BCUT2D eigenvalue weighted by Crippen LogP contribution is -2.44. The zero-order valence-corrected chi connectivity index (χ0v) is 17.3. The molecule has 3 aromatic carbocycles. The normalized spacial score (nSPS) is 16.3. The number of Topliss-reactive ketones (excluding diaryl/α,β-unsaturated/α-hetero) is 1. The average Bonchev–Trinajstić information content (AvgIpc) is 2.79. The minimum atomic E-state index is -4.38. The number of rotatable bonds is 4. The molecule has 0 spiro atoms. The van der Waals surface area contributed by atoms with Crippen LogP contribution in [0.5, 0.6) is 0 Å². The topological polar surface area (TPSA) is 104 Å². The van der Waals surface area contributed by atoms with Gasteiger partial charge in [-0.05, 0) is 24.3 Å². The van der Waals surface area contributed by atoms with Crippen LogP contribution in [0.15, 0.2) is 89.5 Å². The number of ketones is 1. The molecule has 0 saturated carbocycles. The lowest BCUT2D eigenvalue weighted by Gasteiger charge is -2.31. The van der Waals surface area contributed by atoms with E-state index in [4.69, 9.17) is 0 Å². The number of amides is 1. The molecule has 0 saturated heterocycles. The van der Waals surface area contributed by atoms with Crippen LogP contribution in [0.1, 0.15) is 15.9 Å². The zero-order valence-electron chi connectivity index (χ0n) is 16.5. The first-order chi connectivity index (χ1) is 15.3. The van der Waals surface area contributed by atoms with E-state index < -0.39 is 45.5 Å². The second kappa shape index (κ2) is 8.27. The van der Waals surface area contributed by atoms with Gasteiger partial charge in [0, 0.05) is 11.1 Å². The first-order valence-corrected chi connectivity index (χ1v) is 10.9. The molecule has 0 aromatic heterocycles. The molecule has 2 N–H and O–H groups in total. The summed E-state index contributed by atoms with van der Waals surface area (Å²) in [6, 6.07) is 18.8. The van der Waals surface area contributed by atoms with Gasteiger partial charge in [0.25, 0.3) is 10.0 Å². The fraction of sp³-hybridized carbons (Fsp3) is 0.0435. The fourth-order valence-corrected chi connectivity index (χ4v) is 4.99. The lowest BCUT2D eigenvalue weighted by atomic mass is 10.0. The molecular weight excluding hydrogens is 435 g/mol. The van der Waals surface area contributed by atoms with Crippen molar-refractivity contribution in [3.05, 3.63) is 102 Å². The van der Waals surface area contributed by atoms with Crippen LogP contribution in [0, 0.1) is 5.82 Å². The van der Waals surface area contributed by atoms with Crippen molar-refractivity contribution in [2.75, 3.05) is 11.9 Å². The molecule has 1 aliphatic heterocycles. The highest BCUT2D eigenvalue weighted by atomic mass is 32.2. The minimum absolute atomic E-state index is 0.115. The fourth-order valence-electron chi connectivity index (χ4n) is 3.36. The van der Waals surface area contributed by atoms with Crippen LogP contribution in [0.25, 0.3) is 5.76 Å². The number of hydrogen-bond donors (Lipinski definition) is 2. The van der Waals surface area contributed by atoms with Crippen molar-refractivity contribution < 1.29 is 27.5 Å². The smallest absolute Gasteiger partial charge is 0.265 e. The number of anilines is 1. The standard InChI is InChI=1S/C23H17FN2O5S/c24-17-11-5-6-12-18(17)25-20(27)14-26-21(22(28)15-8-2-1-3-9-15)23(29)16-10-4-7-13-19(16)32(26,30)31/h1-13,28H,14H2,(H,25,27)/b22-21+. The van der Waals surface area contributed by atoms with E-state index in [1.807, 2.05) is 0 Å². The molecule has 0 bridgehead atoms. The molecule has 7 nitrogen and oxygen atoms in total. The van der Waals surface area contributed by atoms with E-state index in [1.54, 1.807) is 18.2 Å². The lowest BCUT2D eigenvalue weighted by molar-refractivity contribution is -0.116. The average molecular weight is 452 g/mol. The molecule has 0 unspecified atom stereocenters. The quantitative estimate of drug-likeness (QED) is 0.465. The number of aliphatic hydroxyl groups is 1. The highest BCUT2D eigenvalue weighted by Gasteiger charge is 2.42. The van der Waals surface area contributed by atoms with Crippen LogP contribution < -0.4 is 5.32 Å². The van der Waals surface area contributed by atoms with Gasteiger partial charge in [0.05, 0.1) is 10.6 Å². The summed E-state index contributed by atoms with van der Waals surface area (Å²) in [4.78, 5) is 25.6. The molecule has 0 atom stereocenters. The van der Waals surface area contributed by atoms with Gasteiger partial charge in [-0.3, -0.25) is 9.59 Å². The van der Waals surface area contributed by atoms with E-state index in [-0.39, 0.29) is 21.7 Å². The number of allylic oxidation sites excluding steroid dienone is 1. The van der Waals surface area contributed by atoms with Crippen molar-refractivity contribution in [3.8, 4) is 0 Å².